The molecular formula is C7H16NO2PS2. The molecule has 0 aromatic rings. The zero-order chi connectivity index (χ0) is 10.3. The molecule has 1 aliphatic rings. The minimum absolute atomic E-state index is 0.167. The standard InChI is InChI=1S/C7H16NO2PS2/c1-8-13(9,10)7-4-6(7)5-11(2,3)12/h6-8H,4-5H2,1-3H3. The summed E-state index contributed by atoms with van der Waals surface area (Å²) in [5.41, 5.74) is 0. The molecule has 1 N–H and O–H groups in total. The van der Waals surface area contributed by atoms with Gasteiger partial charge in [-0.25, -0.2) is 13.1 Å². The predicted molar refractivity (Wildman–Crippen MR) is 60.9 cm³/mol. The number of nitrogens with one attached hydrogen (secondary N) is 1. The van der Waals surface area contributed by atoms with Crippen molar-refractivity contribution in [3.63, 3.8) is 0 Å². The van der Waals surface area contributed by atoms with Crippen molar-refractivity contribution in [2.24, 2.45) is 5.92 Å². The van der Waals surface area contributed by atoms with Crippen molar-refractivity contribution in [1.29, 1.82) is 0 Å². The molecule has 1 aliphatic carbocycles. The second kappa shape index (κ2) is 3.61. The van der Waals surface area contributed by atoms with E-state index in [9.17, 15) is 8.42 Å². The van der Waals surface area contributed by atoms with Gasteiger partial charge in [-0.2, -0.15) is 0 Å². The van der Waals surface area contributed by atoms with Crippen LogP contribution >= 0.6 is 6.04 Å². The summed E-state index contributed by atoms with van der Waals surface area (Å²) < 4.78 is 25.0. The fraction of sp³-hybridized carbons (Fsp3) is 1.00. The van der Waals surface area contributed by atoms with E-state index in [0.29, 0.717) is 5.92 Å². The third-order valence-electron chi connectivity index (χ3n) is 2.21. The van der Waals surface area contributed by atoms with Gasteiger partial charge in [0.05, 0.1) is 5.25 Å². The van der Waals surface area contributed by atoms with Crippen molar-refractivity contribution in [2.75, 3.05) is 26.5 Å². The van der Waals surface area contributed by atoms with Crippen LogP contribution in [0.2, 0.25) is 0 Å². The van der Waals surface area contributed by atoms with Crippen molar-refractivity contribution in [3.05, 3.63) is 0 Å². The van der Waals surface area contributed by atoms with Gasteiger partial charge in [-0.3, -0.25) is 0 Å². The van der Waals surface area contributed by atoms with Crippen molar-refractivity contribution >= 4 is 27.9 Å². The molecule has 0 bridgehead atoms. The predicted octanol–water partition coefficient (Wildman–Crippen LogP) is 0.663. The molecule has 0 radical (unpaired) electrons. The molecule has 0 aromatic heterocycles. The van der Waals surface area contributed by atoms with Crippen LogP contribution in [-0.4, -0.2) is 40.2 Å². The first-order valence-corrected chi connectivity index (χ1v) is 9.65. The molecule has 2 unspecified atom stereocenters. The van der Waals surface area contributed by atoms with Gasteiger partial charge in [0.1, 0.15) is 0 Å². The Labute approximate surface area is 85.4 Å². The van der Waals surface area contributed by atoms with Crippen molar-refractivity contribution in [3.8, 4) is 0 Å². The third kappa shape index (κ3) is 3.31. The first-order chi connectivity index (χ1) is 5.76. The Morgan fingerprint density at radius 3 is 2.46 bits per heavy atom. The molecule has 2 atom stereocenters. The van der Waals surface area contributed by atoms with Crippen molar-refractivity contribution in [2.45, 2.75) is 11.7 Å². The highest BCUT2D eigenvalue weighted by molar-refractivity contribution is 8.14. The van der Waals surface area contributed by atoms with Crippen LogP contribution in [0.4, 0.5) is 0 Å². The third-order valence-corrected chi connectivity index (χ3v) is 5.95. The maximum Gasteiger partial charge on any atom is 0.214 e. The van der Waals surface area contributed by atoms with E-state index < -0.39 is 16.1 Å². The SMILES string of the molecule is CNS(=O)(=O)C1CC1CP(C)(C)=S. The van der Waals surface area contributed by atoms with Crippen LogP contribution in [-0.2, 0) is 21.8 Å². The van der Waals surface area contributed by atoms with Gasteiger partial charge >= 0.3 is 0 Å². The van der Waals surface area contributed by atoms with Gasteiger partial charge in [-0.1, -0.05) is 11.8 Å². The summed E-state index contributed by atoms with van der Waals surface area (Å²) in [5.74, 6) is 0.318. The van der Waals surface area contributed by atoms with Crippen LogP contribution in [0.3, 0.4) is 0 Å². The van der Waals surface area contributed by atoms with E-state index in [-0.39, 0.29) is 5.25 Å². The first-order valence-electron chi connectivity index (χ1n) is 4.22. The smallest absolute Gasteiger partial charge is 0.214 e. The largest absolute Gasteiger partial charge is 0.218 e. The van der Waals surface area contributed by atoms with Crippen LogP contribution in [0.1, 0.15) is 6.42 Å². The highest BCUT2D eigenvalue weighted by atomic mass is 32.4. The summed E-state index contributed by atoms with van der Waals surface area (Å²) in [4.78, 5) is 0. The molecule has 6 heteroatoms. The number of hydrogen-bond acceptors (Lipinski definition) is 3. The van der Waals surface area contributed by atoms with E-state index >= 15 is 0 Å². The lowest BCUT2D eigenvalue weighted by atomic mass is 10.5. The van der Waals surface area contributed by atoms with Gasteiger partial charge in [0, 0.05) is 0 Å². The highest BCUT2D eigenvalue weighted by Gasteiger charge is 2.47. The molecule has 78 valence electrons. The molecule has 1 rings (SSSR count). The molecule has 0 aliphatic heterocycles. The van der Waals surface area contributed by atoms with Crippen molar-refractivity contribution in [1.82, 2.24) is 4.72 Å². The molecule has 0 spiro atoms. The Hall–Kier alpha value is 0.560. The maximum atomic E-state index is 11.3. The first kappa shape index (κ1) is 11.6. The van der Waals surface area contributed by atoms with Gasteiger partial charge in [-0.15, -0.1) is 0 Å². The lowest BCUT2D eigenvalue weighted by Crippen LogP contribution is -2.24. The number of rotatable bonds is 4. The van der Waals surface area contributed by atoms with Gasteiger partial charge in [0.2, 0.25) is 10.0 Å². The summed E-state index contributed by atoms with van der Waals surface area (Å²) in [5, 5.41) is -0.167. The van der Waals surface area contributed by atoms with Gasteiger partial charge in [0.15, 0.2) is 0 Å². The minimum atomic E-state index is -3.03. The molecule has 1 fully saturated rings. The average molecular weight is 241 g/mol. The lowest BCUT2D eigenvalue weighted by molar-refractivity contribution is 0.585. The van der Waals surface area contributed by atoms with Crippen LogP contribution in [0, 0.1) is 5.92 Å². The molecular weight excluding hydrogens is 225 g/mol. The van der Waals surface area contributed by atoms with E-state index in [1.165, 1.54) is 7.05 Å². The summed E-state index contributed by atoms with van der Waals surface area (Å²) in [6.45, 7) is 4.15. The summed E-state index contributed by atoms with van der Waals surface area (Å²) in [6, 6.07) is -1.24. The van der Waals surface area contributed by atoms with Gasteiger partial charge < -0.3 is 0 Å². The quantitative estimate of drug-likeness (QED) is 0.736. The van der Waals surface area contributed by atoms with Crippen LogP contribution in [0.15, 0.2) is 0 Å². The molecule has 3 nitrogen and oxygen atoms in total. The van der Waals surface area contributed by atoms with E-state index in [2.05, 4.69) is 18.1 Å². The lowest BCUT2D eigenvalue weighted by Gasteiger charge is -2.08. The fourth-order valence-corrected chi connectivity index (χ4v) is 5.16. The van der Waals surface area contributed by atoms with Crippen molar-refractivity contribution < 1.29 is 8.42 Å². The molecule has 1 saturated carbocycles. The van der Waals surface area contributed by atoms with Gasteiger partial charge in [0.25, 0.3) is 0 Å². The van der Waals surface area contributed by atoms with E-state index in [1.807, 2.05) is 0 Å². The maximum absolute atomic E-state index is 11.3. The second-order valence-electron chi connectivity index (χ2n) is 4.04. The van der Waals surface area contributed by atoms with E-state index in [4.69, 9.17) is 11.8 Å². The summed E-state index contributed by atoms with van der Waals surface area (Å²) in [6.07, 6.45) is 1.72. The molecule has 0 saturated heterocycles. The van der Waals surface area contributed by atoms with E-state index in [1.54, 1.807) is 0 Å². The molecule has 0 heterocycles. The Morgan fingerprint density at radius 2 is 2.08 bits per heavy atom. The average Bonchev–Trinajstić information content (AvgIpc) is 2.64. The molecule has 0 aromatic carbocycles. The molecule has 13 heavy (non-hydrogen) atoms. The Kier molecular flexibility index (Phi) is 3.23. The molecule has 0 amide bonds. The topological polar surface area (TPSA) is 46.2 Å². The minimum Gasteiger partial charge on any atom is -0.218 e. The normalized spacial score (nSPS) is 28.8. The summed E-state index contributed by atoms with van der Waals surface area (Å²) >= 11 is 5.31. The monoisotopic (exact) mass is 241 g/mol. The van der Waals surface area contributed by atoms with Crippen LogP contribution in [0.5, 0.6) is 0 Å². The van der Waals surface area contributed by atoms with Gasteiger partial charge in [-0.05, 0) is 44.9 Å². The Balaban J connectivity index is 2.53. The Morgan fingerprint density at radius 1 is 1.54 bits per heavy atom. The zero-order valence-electron chi connectivity index (χ0n) is 8.15. The zero-order valence-corrected chi connectivity index (χ0v) is 10.7. The second-order valence-corrected chi connectivity index (χ2v) is 12.6. The summed E-state index contributed by atoms with van der Waals surface area (Å²) in [7, 11) is -1.55. The Bertz CT molecular complexity index is 332. The van der Waals surface area contributed by atoms with Crippen LogP contribution < -0.4 is 4.72 Å². The number of sulfonamides is 1. The highest BCUT2D eigenvalue weighted by Crippen LogP contribution is 2.48. The fourth-order valence-electron chi connectivity index (χ4n) is 1.51. The van der Waals surface area contributed by atoms with E-state index in [0.717, 1.165) is 12.6 Å². The number of hydrogen-bond donors (Lipinski definition) is 1. The van der Waals surface area contributed by atoms with Crippen LogP contribution in [0.25, 0.3) is 0 Å².